The Balaban J connectivity index is 3.06. The summed E-state index contributed by atoms with van der Waals surface area (Å²) < 4.78 is 4.87. The van der Waals surface area contributed by atoms with Crippen molar-refractivity contribution in [1.29, 1.82) is 0 Å². The van der Waals surface area contributed by atoms with Crippen molar-refractivity contribution in [2.75, 3.05) is 7.11 Å². The quantitative estimate of drug-likeness (QED) is 0.793. The molecule has 0 radical (unpaired) electrons. The molecule has 1 aromatic heterocycles. The van der Waals surface area contributed by atoms with Crippen LogP contribution in [0, 0.1) is 0 Å². The summed E-state index contributed by atoms with van der Waals surface area (Å²) in [6.07, 6.45) is 2.61. The van der Waals surface area contributed by atoms with Crippen LogP contribution in [0.25, 0.3) is 0 Å². The third-order valence-electron chi connectivity index (χ3n) is 2.92. The summed E-state index contributed by atoms with van der Waals surface area (Å²) in [5.74, 6) is -0.323. The lowest BCUT2D eigenvalue weighted by Gasteiger charge is -2.30. The van der Waals surface area contributed by atoms with Crippen LogP contribution in [0.2, 0.25) is 0 Å². The van der Waals surface area contributed by atoms with Crippen molar-refractivity contribution in [3.63, 3.8) is 0 Å². The normalized spacial score (nSPS) is 16.0. The smallest absolute Gasteiger partial charge is 0.332 e. The molecule has 94 valence electrons. The maximum absolute atomic E-state index is 12.0. The molecule has 0 aliphatic rings. The Labute approximate surface area is 102 Å². The number of hydrogen-bond acceptors (Lipinski definition) is 4. The SMILES string of the molecule is CCC(C)NC(C)(C(=O)OC)c1ccccn1. The highest BCUT2D eigenvalue weighted by atomic mass is 16.5. The van der Waals surface area contributed by atoms with Gasteiger partial charge in [-0.3, -0.25) is 10.3 Å². The molecule has 0 fully saturated rings. The van der Waals surface area contributed by atoms with E-state index in [-0.39, 0.29) is 12.0 Å². The van der Waals surface area contributed by atoms with Gasteiger partial charge in [0.05, 0.1) is 12.8 Å². The van der Waals surface area contributed by atoms with E-state index in [2.05, 4.69) is 17.2 Å². The van der Waals surface area contributed by atoms with Gasteiger partial charge in [-0.05, 0) is 32.4 Å². The number of ether oxygens (including phenoxy) is 1. The van der Waals surface area contributed by atoms with Crippen LogP contribution >= 0.6 is 0 Å². The molecule has 0 bridgehead atoms. The second kappa shape index (κ2) is 5.77. The predicted octanol–water partition coefficient (Wildman–Crippen LogP) is 1.86. The fourth-order valence-electron chi connectivity index (χ4n) is 1.69. The van der Waals surface area contributed by atoms with Crippen LogP contribution in [0.4, 0.5) is 0 Å². The van der Waals surface area contributed by atoms with E-state index in [9.17, 15) is 4.79 Å². The first kappa shape index (κ1) is 13.6. The molecule has 1 aromatic rings. The van der Waals surface area contributed by atoms with E-state index in [1.54, 1.807) is 13.1 Å². The first-order valence-corrected chi connectivity index (χ1v) is 5.82. The van der Waals surface area contributed by atoms with Crippen molar-refractivity contribution < 1.29 is 9.53 Å². The monoisotopic (exact) mass is 236 g/mol. The first-order valence-electron chi connectivity index (χ1n) is 5.82. The molecule has 2 atom stereocenters. The van der Waals surface area contributed by atoms with Crippen LogP contribution in [0.15, 0.2) is 24.4 Å². The topological polar surface area (TPSA) is 51.2 Å². The molecule has 4 heteroatoms. The Morgan fingerprint density at radius 2 is 2.29 bits per heavy atom. The Kier molecular flexibility index (Phi) is 4.63. The maximum atomic E-state index is 12.0. The third kappa shape index (κ3) is 3.03. The Morgan fingerprint density at radius 3 is 2.76 bits per heavy atom. The van der Waals surface area contributed by atoms with Crippen molar-refractivity contribution >= 4 is 5.97 Å². The average Bonchev–Trinajstić information content (AvgIpc) is 2.38. The van der Waals surface area contributed by atoms with Crippen LogP contribution in [0.1, 0.15) is 32.9 Å². The van der Waals surface area contributed by atoms with Gasteiger partial charge in [-0.1, -0.05) is 13.0 Å². The lowest BCUT2D eigenvalue weighted by Crippen LogP contribution is -2.51. The van der Waals surface area contributed by atoms with Gasteiger partial charge in [-0.25, -0.2) is 4.79 Å². The van der Waals surface area contributed by atoms with E-state index in [1.807, 2.05) is 25.1 Å². The summed E-state index contributed by atoms with van der Waals surface area (Å²) in [7, 11) is 1.39. The minimum Gasteiger partial charge on any atom is -0.467 e. The van der Waals surface area contributed by atoms with Gasteiger partial charge in [-0.15, -0.1) is 0 Å². The van der Waals surface area contributed by atoms with Gasteiger partial charge in [0.25, 0.3) is 0 Å². The molecule has 0 saturated carbocycles. The number of aromatic nitrogens is 1. The zero-order valence-electron chi connectivity index (χ0n) is 10.9. The molecule has 1 rings (SSSR count). The average molecular weight is 236 g/mol. The lowest BCUT2D eigenvalue weighted by molar-refractivity contribution is -0.149. The zero-order valence-corrected chi connectivity index (χ0v) is 10.9. The van der Waals surface area contributed by atoms with Crippen molar-refractivity contribution in [1.82, 2.24) is 10.3 Å². The number of carbonyl (C=O) groups excluding carboxylic acids is 1. The molecule has 0 saturated heterocycles. The lowest BCUT2D eigenvalue weighted by atomic mass is 9.95. The van der Waals surface area contributed by atoms with Crippen molar-refractivity contribution in [2.45, 2.75) is 38.8 Å². The Bertz CT molecular complexity index is 367. The number of methoxy groups -OCH3 is 1. The summed E-state index contributed by atoms with van der Waals surface area (Å²) in [6, 6.07) is 5.72. The third-order valence-corrected chi connectivity index (χ3v) is 2.92. The highest BCUT2D eigenvalue weighted by molar-refractivity contribution is 5.81. The molecule has 17 heavy (non-hydrogen) atoms. The van der Waals surface area contributed by atoms with Gasteiger partial charge in [0.1, 0.15) is 0 Å². The summed E-state index contributed by atoms with van der Waals surface area (Å²) in [6.45, 7) is 5.89. The number of nitrogens with zero attached hydrogens (tertiary/aromatic N) is 1. The molecule has 0 aliphatic carbocycles. The Morgan fingerprint density at radius 1 is 1.59 bits per heavy atom. The van der Waals surface area contributed by atoms with Gasteiger partial charge in [0.2, 0.25) is 0 Å². The van der Waals surface area contributed by atoms with Crippen molar-refractivity contribution in [3.05, 3.63) is 30.1 Å². The number of nitrogens with one attached hydrogen (secondary N) is 1. The highest BCUT2D eigenvalue weighted by Gasteiger charge is 2.38. The molecular weight excluding hydrogens is 216 g/mol. The van der Waals surface area contributed by atoms with E-state index in [0.29, 0.717) is 5.69 Å². The van der Waals surface area contributed by atoms with Gasteiger partial charge in [0.15, 0.2) is 5.54 Å². The summed E-state index contributed by atoms with van der Waals surface area (Å²) >= 11 is 0. The standard InChI is InChI=1S/C13H20N2O2/c1-5-10(2)15-13(3,12(16)17-4)11-8-6-7-9-14-11/h6-10,15H,5H2,1-4H3. The van der Waals surface area contributed by atoms with E-state index in [0.717, 1.165) is 6.42 Å². The van der Waals surface area contributed by atoms with Gasteiger partial charge < -0.3 is 4.74 Å². The van der Waals surface area contributed by atoms with E-state index in [1.165, 1.54) is 7.11 Å². The number of esters is 1. The second-order valence-electron chi connectivity index (χ2n) is 4.29. The molecular formula is C13H20N2O2. The van der Waals surface area contributed by atoms with Crippen LogP contribution in [0.5, 0.6) is 0 Å². The summed E-state index contributed by atoms with van der Waals surface area (Å²) in [5, 5.41) is 3.27. The molecule has 0 amide bonds. The maximum Gasteiger partial charge on any atom is 0.332 e. The molecule has 0 spiro atoms. The molecule has 0 aromatic carbocycles. The number of hydrogen-bond donors (Lipinski definition) is 1. The Hall–Kier alpha value is -1.42. The van der Waals surface area contributed by atoms with Crippen LogP contribution in [-0.4, -0.2) is 24.1 Å². The first-order chi connectivity index (χ1) is 8.04. The highest BCUT2D eigenvalue weighted by Crippen LogP contribution is 2.21. The van der Waals surface area contributed by atoms with Crippen LogP contribution < -0.4 is 5.32 Å². The van der Waals surface area contributed by atoms with Gasteiger partial charge >= 0.3 is 5.97 Å². The van der Waals surface area contributed by atoms with Gasteiger partial charge in [-0.2, -0.15) is 0 Å². The molecule has 1 heterocycles. The zero-order chi connectivity index (χ0) is 12.9. The number of rotatable bonds is 5. The molecule has 0 aliphatic heterocycles. The number of carbonyl (C=O) groups is 1. The second-order valence-corrected chi connectivity index (χ2v) is 4.29. The minimum atomic E-state index is -0.897. The molecule has 4 nitrogen and oxygen atoms in total. The summed E-state index contributed by atoms with van der Waals surface area (Å²) in [5.41, 5.74) is -0.224. The number of pyridine rings is 1. The van der Waals surface area contributed by atoms with Crippen LogP contribution in [-0.2, 0) is 15.1 Å². The fraction of sp³-hybridized carbons (Fsp3) is 0.538. The predicted molar refractivity (Wildman–Crippen MR) is 66.5 cm³/mol. The van der Waals surface area contributed by atoms with Crippen molar-refractivity contribution in [3.8, 4) is 0 Å². The fourth-order valence-corrected chi connectivity index (χ4v) is 1.69. The van der Waals surface area contributed by atoms with E-state index in [4.69, 9.17) is 4.74 Å². The van der Waals surface area contributed by atoms with Crippen LogP contribution in [0.3, 0.4) is 0 Å². The van der Waals surface area contributed by atoms with E-state index < -0.39 is 5.54 Å². The molecule has 1 N–H and O–H groups in total. The van der Waals surface area contributed by atoms with Crippen molar-refractivity contribution in [2.24, 2.45) is 0 Å². The molecule has 2 unspecified atom stereocenters. The van der Waals surface area contributed by atoms with Gasteiger partial charge in [0, 0.05) is 12.2 Å². The van der Waals surface area contributed by atoms with E-state index >= 15 is 0 Å². The largest absolute Gasteiger partial charge is 0.467 e. The summed E-state index contributed by atoms with van der Waals surface area (Å²) in [4.78, 5) is 16.2. The minimum absolute atomic E-state index is 0.209.